The standard InChI is InChI=1S/C3H3NS2/c4-2-1-3(5)6/h1,5-6H/p-2. The summed E-state index contributed by atoms with van der Waals surface area (Å²) >= 11 is 8.66. The van der Waals surface area contributed by atoms with Gasteiger partial charge in [-0.05, 0) is 6.08 Å². The van der Waals surface area contributed by atoms with Crippen LogP contribution >= 0.6 is 0 Å². The Morgan fingerprint density at radius 1 is 1.67 bits per heavy atom. The monoisotopic (exact) mass is 115 g/mol. The van der Waals surface area contributed by atoms with E-state index in [0.717, 1.165) is 6.08 Å². The highest BCUT2D eigenvalue weighted by molar-refractivity contribution is 7.84. The van der Waals surface area contributed by atoms with Gasteiger partial charge in [-0.2, -0.15) is 5.26 Å². The van der Waals surface area contributed by atoms with Crippen LogP contribution < -0.4 is 0 Å². The van der Waals surface area contributed by atoms with E-state index < -0.39 is 0 Å². The molecule has 0 aliphatic rings. The van der Waals surface area contributed by atoms with E-state index in [9.17, 15) is 0 Å². The molecule has 0 heterocycles. The Morgan fingerprint density at radius 2 is 2.17 bits per heavy atom. The average Bonchev–Trinajstić information content (AvgIpc) is 1.35. The molecule has 0 saturated heterocycles. The van der Waals surface area contributed by atoms with Gasteiger partial charge < -0.3 is 29.5 Å². The molecule has 0 aromatic heterocycles. The molecule has 0 spiro atoms. The maximum absolute atomic E-state index is 7.78. The number of allylic oxidation sites excluding steroid dienone is 1. The maximum atomic E-state index is 7.78. The molecule has 0 radical (unpaired) electrons. The first-order valence-corrected chi connectivity index (χ1v) is 2.03. The van der Waals surface area contributed by atoms with Crippen LogP contribution in [-0.2, 0) is 25.3 Å². The summed E-state index contributed by atoms with van der Waals surface area (Å²) in [4.78, 5) is 0. The second kappa shape index (κ2) is 2.88. The van der Waals surface area contributed by atoms with Crippen LogP contribution in [0.25, 0.3) is 0 Å². The lowest BCUT2D eigenvalue weighted by molar-refractivity contribution is 1.54. The topological polar surface area (TPSA) is 23.8 Å². The van der Waals surface area contributed by atoms with Gasteiger partial charge in [-0.3, -0.25) is 0 Å². The number of nitriles is 1. The molecular weight excluding hydrogens is 114 g/mol. The molecule has 0 aliphatic carbocycles. The Hall–Kier alpha value is -0.330. The predicted molar refractivity (Wildman–Crippen MR) is 28.4 cm³/mol. The van der Waals surface area contributed by atoms with Crippen molar-refractivity contribution in [3.8, 4) is 6.07 Å². The van der Waals surface area contributed by atoms with Crippen LogP contribution in [-0.4, -0.2) is 0 Å². The van der Waals surface area contributed by atoms with Gasteiger partial charge in [0.1, 0.15) is 0 Å². The quantitative estimate of drug-likeness (QED) is 0.338. The average molecular weight is 115 g/mol. The number of hydrogen-bond acceptors (Lipinski definition) is 3. The van der Waals surface area contributed by atoms with Gasteiger partial charge in [-0.15, -0.1) is 0 Å². The minimum absolute atomic E-state index is 0.220. The Bertz CT molecular complexity index is 95.9. The zero-order chi connectivity index (χ0) is 4.99. The van der Waals surface area contributed by atoms with E-state index in [2.05, 4.69) is 25.3 Å². The van der Waals surface area contributed by atoms with Crippen LogP contribution in [0.1, 0.15) is 0 Å². The molecule has 0 atom stereocenters. The van der Waals surface area contributed by atoms with Crippen LogP contribution in [0.5, 0.6) is 0 Å². The summed E-state index contributed by atoms with van der Waals surface area (Å²) in [6.07, 6.45) is 1.14. The molecule has 0 unspecified atom stereocenters. The summed E-state index contributed by atoms with van der Waals surface area (Å²) < 4.78 is 0.220. The van der Waals surface area contributed by atoms with Crippen molar-refractivity contribution in [1.29, 1.82) is 5.26 Å². The molecule has 32 valence electrons. The van der Waals surface area contributed by atoms with E-state index in [-0.39, 0.29) is 4.24 Å². The summed E-state index contributed by atoms with van der Waals surface area (Å²) in [5.41, 5.74) is 0. The Balaban J connectivity index is 3.51. The van der Waals surface area contributed by atoms with Gasteiger partial charge in [0.05, 0.1) is 6.07 Å². The van der Waals surface area contributed by atoms with Gasteiger partial charge in [0.2, 0.25) is 0 Å². The zero-order valence-electron chi connectivity index (χ0n) is 2.84. The third-order valence-corrected chi connectivity index (χ3v) is 0.418. The van der Waals surface area contributed by atoms with Crippen molar-refractivity contribution >= 4 is 25.3 Å². The summed E-state index contributed by atoms with van der Waals surface area (Å²) in [5.74, 6) is 0. The minimum atomic E-state index is 0.220. The number of rotatable bonds is 0. The Kier molecular flexibility index (Phi) is 2.73. The van der Waals surface area contributed by atoms with Gasteiger partial charge >= 0.3 is 0 Å². The van der Waals surface area contributed by atoms with Gasteiger partial charge in [0.25, 0.3) is 0 Å². The molecule has 0 amide bonds. The molecule has 0 fully saturated rings. The van der Waals surface area contributed by atoms with E-state index >= 15 is 0 Å². The lowest BCUT2D eigenvalue weighted by Crippen LogP contribution is -1.59. The molecule has 0 rings (SSSR count). The minimum Gasteiger partial charge on any atom is -0.807 e. The maximum Gasteiger partial charge on any atom is 0.0875 e. The highest BCUT2D eigenvalue weighted by Gasteiger charge is 1.43. The highest BCUT2D eigenvalue weighted by atomic mass is 32.2. The van der Waals surface area contributed by atoms with Crippen molar-refractivity contribution in [3.63, 3.8) is 0 Å². The smallest absolute Gasteiger partial charge is 0.0875 e. The molecule has 1 nitrogen and oxygen atoms in total. The fourth-order valence-electron chi connectivity index (χ4n) is 0.0527. The van der Waals surface area contributed by atoms with Crippen LogP contribution in [0.2, 0.25) is 0 Å². The summed E-state index contributed by atoms with van der Waals surface area (Å²) in [7, 11) is 0. The summed E-state index contributed by atoms with van der Waals surface area (Å²) in [6, 6.07) is 1.70. The van der Waals surface area contributed by atoms with Gasteiger partial charge in [-0.1, -0.05) is 0 Å². The van der Waals surface area contributed by atoms with Crippen LogP contribution in [0, 0.1) is 11.3 Å². The lowest BCUT2D eigenvalue weighted by Gasteiger charge is -2.13. The van der Waals surface area contributed by atoms with Crippen molar-refractivity contribution < 1.29 is 0 Å². The van der Waals surface area contributed by atoms with Crippen LogP contribution in [0.15, 0.2) is 10.3 Å². The first-order chi connectivity index (χ1) is 2.77. The molecule has 0 aliphatic heterocycles. The van der Waals surface area contributed by atoms with E-state index in [0.29, 0.717) is 0 Å². The Morgan fingerprint density at radius 3 is 2.17 bits per heavy atom. The molecule has 3 heteroatoms. The second-order valence-corrected chi connectivity index (χ2v) is 1.73. The summed E-state index contributed by atoms with van der Waals surface area (Å²) in [6.45, 7) is 0. The first kappa shape index (κ1) is 5.67. The van der Waals surface area contributed by atoms with E-state index in [1.165, 1.54) is 0 Å². The van der Waals surface area contributed by atoms with Crippen molar-refractivity contribution in [2.24, 2.45) is 0 Å². The van der Waals surface area contributed by atoms with E-state index in [4.69, 9.17) is 5.26 Å². The predicted octanol–water partition coefficient (Wildman–Crippen LogP) is 0.445. The molecule has 0 aromatic carbocycles. The van der Waals surface area contributed by atoms with Gasteiger partial charge in [-0.25, -0.2) is 0 Å². The fraction of sp³-hybridized carbons (Fsp3) is 0. The zero-order valence-corrected chi connectivity index (χ0v) is 4.47. The molecular formula is C3HNS2-2. The normalized spacial score (nSPS) is 5.83. The molecule has 0 N–H and O–H groups in total. The van der Waals surface area contributed by atoms with Gasteiger partial charge in [0, 0.05) is 0 Å². The van der Waals surface area contributed by atoms with E-state index in [1.54, 1.807) is 6.07 Å². The van der Waals surface area contributed by atoms with Crippen molar-refractivity contribution in [3.05, 3.63) is 10.3 Å². The van der Waals surface area contributed by atoms with Crippen molar-refractivity contribution in [2.75, 3.05) is 0 Å². The molecule has 0 bridgehead atoms. The Labute approximate surface area is 47.5 Å². The van der Waals surface area contributed by atoms with E-state index in [1.807, 2.05) is 0 Å². The number of hydrogen-bond donors (Lipinski definition) is 0. The molecule has 0 saturated carbocycles. The summed E-state index contributed by atoms with van der Waals surface area (Å²) in [5, 5.41) is 7.78. The third kappa shape index (κ3) is 3.67. The van der Waals surface area contributed by atoms with Crippen molar-refractivity contribution in [1.82, 2.24) is 0 Å². The van der Waals surface area contributed by atoms with Crippen molar-refractivity contribution in [2.45, 2.75) is 0 Å². The van der Waals surface area contributed by atoms with Gasteiger partial charge in [0.15, 0.2) is 0 Å². The van der Waals surface area contributed by atoms with Crippen LogP contribution in [0.3, 0.4) is 0 Å². The van der Waals surface area contributed by atoms with Crippen LogP contribution in [0.4, 0.5) is 0 Å². The SMILES string of the molecule is N#CC=C([S-])[S-]. The largest absolute Gasteiger partial charge is 0.807 e. The third-order valence-electron chi connectivity index (χ3n) is 0.182. The lowest BCUT2D eigenvalue weighted by atomic mass is 10.7. The first-order valence-electron chi connectivity index (χ1n) is 1.21. The molecule has 6 heavy (non-hydrogen) atoms. The molecule has 0 aromatic rings. The fourth-order valence-corrected chi connectivity index (χ4v) is 0.158. The number of nitrogens with zero attached hydrogens (tertiary/aromatic N) is 1. The highest BCUT2D eigenvalue weighted by Crippen LogP contribution is 1.78. The second-order valence-electron chi connectivity index (χ2n) is 0.592.